The molecule has 0 aliphatic heterocycles. The lowest BCUT2D eigenvalue weighted by atomic mass is 9.83. The minimum Gasteiger partial charge on any atom is -0.349 e. The Balaban J connectivity index is 2.15. The van der Waals surface area contributed by atoms with Crippen molar-refractivity contribution in [2.45, 2.75) is 45.6 Å². The molecule has 22 heavy (non-hydrogen) atoms. The Bertz CT molecular complexity index is 650. The highest BCUT2D eigenvalue weighted by atomic mass is 32.2. The molecule has 5 heteroatoms. The fourth-order valence-corrected chi connectivity index (χ4v) is 3.57. The summed E-state index contributed by atoms with van der Waals surface area (Å²) in [4.78, 5) is 12.1. The second kappa shape index (κ2) is 6.41. The third kappa shape index (κ3) is 4.83. The van der Waals surface area contributed by atoms with E-state index in [0.29, 0.717) is 0 Å². The smallest absolute Gasteiger partial charge is 0.221 e. The number of fused-ring (bicyclic) bond motifs is 1. The summed E-state index contributed by atoms with van der Waals surface area (Å²) in [5.41, 5.74) is 2.59. The fraction of sp³-hybridized carbons (Fsp3) is 0.588. The predicted molar refractivity (Wildman–Crippen MR) is 88.4 cm³/mol. The van der Waals surface area contributed by atoms with Crippen molar-refractivity contribution in [3.05, 3.63) is 35.4 Å². The molecule has 1 N–H and O–H groups in total. The normalized spacial score (nSPS) is 20.8. The van der Waals surface area contributed by atoms with E-state index in [-0.39, 0.29) is 29.5 Å². The van der Waals surface area contributed by atoms with Crippen LogP contribution >= 0.6 is 0 Å². The Hall–Kier alpha value is -1.36. The van der Waals surface area contributed by atoms with Gasteiger partial charge in [0.1, 0.15) is 9.84 Å². The van der Waals surface area contributed by atoms with Crippen LogP contribution in [0.5, 0.6) is 0 Å². The highest BCUT2D eigenvalue weighted by Gasteiger charge is 2.30. The van der Waals surface area contributed by atoms with Crippen LogP contribution in [0.25, 0.3) is 0 Å². The molecule has 0 saturated heterocycles. The van der Waals surface area contributed by atoms with E-state index in [1.54, 1.807) is 0 Å². The maximum atomic E-state index is 12.1. The molecule has 1 amide bonds. The number of carbonyl (C=O) groups excluding carboxylic acids is 1. The summed E-state index contributed by atoms with van der Waals surface area (Å²) >= 11 is 0. The van der Waals surface area contributed by atoms with Crippen LogP contribution in [0.1, 0.15) is 50.3 Å². The molecule has 122 valence electrons. The number of hydrogen-bond donors (Lipinski definition) is 1. The number of rotatable bonds is 4. The van der Waals surface area contributed by atoms with Gasteiger partial charge in [-0.1, -0.05) is 38.1 Å². The molecule has 1 aromatic rings. The van der Waals surface area contributed by atoms with Crippen molar-refractivity contribution in [1.82, 2.24) is 5.32 Å². The van der Waals surface area contributed by atoms with Crippen LogP contribution in [-0.2, 0) is 21.1 Å². The maximum absolute atomic E-state index is 12.1. The molecular formula is C17H25NO3S. The average Bonchev–Trinajstić information content (AvgIpc) is 2.53. The number of aryl methyl sites for hydroxylation is 1. The van der Waals surface area contributed by atoms with Crippen LogP contribution in [0.4, 0.5) is 0 Å². The Morgan fingerprint density at radius 2 is 2.00 bits per heavy atom. The number of nitrogens with one attached hydrogen (secondary N) is 1. The molecule has 1 aromatic carbocycles. The number of amides is 1. The predicted octanol–water partition coefficient (Wildman–Crippen LogP) is 2.64. The Morgan fingerprint density at radius 1 is 1.32 bits per heavy atom. The highest BCUT2D eigenvalue weighted by molar-refractivity contribution is 7.90. The first-order valence-electron chi connectivity index (χ1n) is 7.71. The first-order valence-corrected chi connectivity index (χ1v) is 9.77. The quantitative estimate of drug-likeness (QED) is 0.866. The Kier molecular flexibility index (Phi) is 4.95. The minimum atomic E-state index is -3.11. The molecule has 0 bridgehead atoms. The molecule has 2 rings (SSSR count). The lowest BCUT2D eigenvalue weighted by Crippen LogP contribution is -2.32. The van der Waals surface area contributed by atoms with E-state index in [1.807, 2.05) is 12.1 Å². The van der Waals surface area contributed by atoms with Crippen molar-refractivity contribution in [2.24, 2.45) is 5.41 Å². The first kappa shape index (κ1) is 17.0. The molecule has 0 aromatic heterocycles. The summed E-state index contributed by atoms with van der Waals surface area (Å²) in [6, 6.07) is 8.16. The molecule has 0 saturated carbocycles. The summed E-state index contributed by atoms with van der Waals surface area (Å²) < 4.78 is 22.4. The SMILES string of the molecule is CC1(C)CCc2ccccc2[C@@H](NC(=O)CCS(C)(=O)=O)C1. The van der Waals surface area contributed by atoms with Crippen LogP contribution in [0.2, 0.25) is 0 Å². The van der Waals surface area contributed by atoms with Gasteiger partial charge in [-0.25, -0.2) is 8.42 Å². The molecule has 0 radical (unpaired) electrons. The van der Waals surface area contributed by atoms with Gasteiger partial charge in [0, 0.05) is 12.7 Å². The van der Waals surface area contributed by atoms with Crippen LogP contribution in [0.3, 0.4) is 0 Å². The largest absolute Gasteiger partial charge is 0.349 e. The molecule has 0 spiro atoms. The average molecular weight is 323 g/mol. The van der Waals surface area contributed by atoms with E-state index in [4.69, 9.17) is 0 Å². The lowest BCUT2D eigenvalue weighted by Gasteiger charge is -2.27. The van der Waals surface area contributed by atoms with Crippen molar-refractivity contribution in [1.29, 1.82) is 0 Å². The minimum absolute atomic E-state index is 0.0257. The van der Waals surface area contributed by atoms with Crippen LogP contribution < -0.4 is 5.32 Å². The third-order valence-electron chi connectivity index (χ3n) is 4.29. The van der Waals surface area contributed by atoms with E-state index in [1.165, 1.54) is 11.1 Å². The van der Waals surface area contributed by atoms with Gasteiger partial charge in [0.25, 0.3) is 0 Å². The number of sulfone groups is 1. The summed E-state index contributed by atoms with van der Waals surface area (Å²) in [6.07, 6.45) is 4.15. The first-order chi connectivity index (χ1) is 10.2. The van der Waals surface area contributed by atoms with Crippen molar-refractivity contribution >= 4 is 15.7 Å². The van der Waals surface area contributed by atoms with Gasteiger partial charge >= 0.3 is 0 Å². The van der Waals surface area contributed by atoms with Gasteiger partial charge in [-0.2, -0.15) is 0 Å². The fourth-order valence-electron chi connectivity index (χ4n) is 3.01. The van der Waals surface area contributed by atoms with E-state index in [0.717, 1.165) is 25.5 Å². The highest BCUT2D eigenvalue weighted by Crippen LogP contribution is 2.39. The van der Waals surface area contributed by atoms with Gasteiger partial charge in [-0.05, 0) is 35.8 Å². The number of carbonyl (C=O) groups is 1. The second-order valence-corrected chi connectivity index (χ2v) is 9.33. The number of hydrogen-bond acceptors (Lipinski definition) is 3. The molecule has 1 aliphatic rings. The monoisotopic (exact) mass is 323 g/mol. The molecular weight excluding hydrogens is 298 g/mol. The van der Waals surface area contributed by atoms with Crippen molar-refractivity contribution in [2.75, 3.05) is 12.0 Å². The molecule has 0 unspecified atom stereocenters. The van der Waals surface area contributed by atoms with Gasteiger partial charge in [-0.3, -0.25) is 4.79 Å². The van der Waals surface area contributed by atoms with Crippen molar-refractivity contribution in [3.8, 4) is 0 Å². The van der Waals surface area contributed by atoms with Crippen molar-refractivity contribution < 1.29 is 13.2 Å². The number of benzene rings is 1. The molecule has 0 heterocycles. The zero-order valence-corrected chi connectivity index (χ0v) is 14.4. The summed E-state index contributed by atoms with van der Waals surface area (Å²) in [6.45, 7) is 4.43. The van der Waals surface area contributed by atoms with E-state index < -0.39 is 9.84 Å². The molecule has 1 atom stereocenters. The van der Waals surface area contributed by atoms with Gasteiger partial charge in [0.05, 0.1) is 11.8 Å². The lowest BCUT2D eigenvalue weighted by molar-refractivity contribution is -0.121. The Morgan fingerprint density at radius 3 is 2.68 bits per heavy atom. The molecule has 4 nitrogen and oxygen atoms in total. The van der Waals surface area contributed by atoms with Gasteiger partial charge in [0.2, 0.25) is 5.91 Å². The van der Waals surface area contributed by atoms with Crippen molar-refractivity contribution in [3.63, 3.8) is 0 Å². The summed E-state index contributed by atoms with van der Waals surface area (Å²) in [7, 11) is -3.11. The zero-order chi connectivity index (χ0) is 16.4. The second-order valence-electron chi connectivity index (χ2n) is 7.07. The molecule has 1 aliphatic carbocycles. The third-order valence-corrected chi connectivity index (χ3v) is 5.24. The maximum Gasteiger partial charge on any atom is 0.221 e. The standard InChI is InChI=1S/C17H25NO3S/c1-17(2)10-8-13-6-4-5-7-14(13)15(12-17)18-16(19)9-11-22(3,20)21/h4-7,15H,8-12H2,1-3H3,(H,18,19)/t15-/m0/s1. The summed E-state index contributed by atoms with van der Waals surface area (Å²) in [5, 5.41) is 3.04. The zero-order valence-electron chi connectivity index (χ0n) is 13.6. The van der Waals surface area contributed by atoms with Gasteiger partial charge < -0.3 is 5.32 Å². The Labute approximate surface area is 133 Å². The van der Waals surface area contributed by atoms with Crippen LogP contribution in [0, 0.1) is 5.41 Å². The van der Waals surface area contributed by atoms with Gasteiger partial charge in [0.15, 0.2) is 0 Å². The summed E-state index contributed by atoms with van der Waals surface area (Å²) in [5.74, 6) is -0.292. The van der Waals surface area contributed by atoms with Crippen LogP contribution in [-0.4, -0.2) is 26.3 Å². The van der Waals surface area contributed by atoms with E-state index >= 15 is 0 Å². The van der Waals surface area contributed by atoms with E-state index in [9.17, 15) is 13.2 Å². The van der Waals surface area contributed by atoms with E-state index in [2.05, 4.69) is 31.3 Å². The van der Waals surface area contributed by atoms with Crippen LogP contribution in [0.15, 0.2) is 24.3 Å². The molecule has 0 fully saturated rings. The van der Waals surface area contributed by atoms with Gasteiger partial charge in [-0.15, -0.1) is 0 Å². The topological polar surface area (TPSA) is 63.2 Å².